The maximum absolute atomic E-state index is 3.43. The predicted molar refractivity (Wildman–Crippen MR) is 55.8 cm³/mol. The number of rotatable bonds is 4. The molecule has 12 heavy (non-hydrogen) atoms. The van der Waals surface area contributed by atoms with Crippen LogP contribution < -0.4 is 5.32 Å². The Kier molecular flexibility index (Phi) is 3.76. The normalized spacial score (nSPS) is 13.2. The van der Waals surface area contributed by atoms with Crippen molar-refractivity contribution in [3.63, 3.8) is 0 Å². The third kappa shape index (κ3) is 2.08. The summed E-state index contributed by atoms with van der Waals surface area (Å²) in [5, 5.41) is 5.62. The van der Waals surface area contributed by atoms with E-state index in [0.29, 0.717) is 6.04 Å². The Bertz CT molecular complexity index is 229. The molecule has 0 saturated heterocycles. The average molecular weight is 183 g/mol. The van der Waals surface area contributed by atoms with Gasteiger partial charge in [-0.05, 0) is 36.9 Å². The van der Waals surface area contributed by atoms with E-state index in [1.54, 1.807) is 0 Å². The fourth-order valence-electron chi connectivity index (χ4n) is 1.42. The molecule has 0 spiro atoms. The molecule has 1 aromatic heterocycles. The van der Waals surface area contributed by atoms with Crippen molar-refractivity contribution in [3.8, 4) is 0 Å². The zero-order chi connectivity index (χ0) is 8.97. The summed E-state index contributed by atoms with van der Waals surface area (Å²) >= 11 is 1.86. The molecule has 1 heterocycles. The second-order valence-corrected chi connectivity index (χ2v) is 3.89. The molecule has 0 saturated carbocycles. The Hall–Kier alpha value is -0.340. The summed E-state index contributed by atoms with van der Waals surface area (Å²) in [6, 6.07) is 2.75. The van der Waals surface area contributed by atoms with Crippen molar-refractivity contribution in [1.29, 1.82) is 0 Å². The molecule has 2 heteroatoms. The highest BCUT2D eigenvalue weighted by Gasteiger charge is 2.08. The first-order valence-corrected chi connectivity index (χ1v) is 5.47. The van der Waals surface area contributed by atoms with Crippen LogP contribution in [0.5, 0.6) is 0 Å². The molecule has 0 aliphatic carbocycles. The first-order chi connectivity index (χ1) is 5.79. The van der Waals surface area contributed by atoms with E-state index < -0.39 is 0 Å². The zero-order valence-electron chi connectivity index (χ0n) is 8.05. The fraction of sp³-hybridized carbons (Fsp3) is 0.600. The average Bonchev–Trinajstić information content (AvgIpc) is 2.51. The Morgan fingerprint density at radius 3 is 2.83 bits per heavy atom. The van der Waals surface area contributed by atoms with Crippen LogP contribution in [0.2, 0.25) is 0 Å². The summed E-state index contributed by atoms with van der Waals surface area (Å²) in [5.41, 5.74) is 1.49. The van der Waals surface area contributed by atoms with Crippen molar-refractivity contribution in [2.45, 2.75) is 33.2 Å². The number of thiophene rings is 1. The molecule has 1 nitrogen and oxygen atoms in total. The smallest absolute Gasteiger partial charge is 0.0388 e. The molecule has 0 bridgehead atoms. The van der Waals surface area contributed by atoms with Crippen LogP contribution in [-0.2, 0) is 6.42 Å². The van der Waals surface area contributed by atoms with Crippen LogP contribution in [0.1, 0.15) is 37.3 Å². The minimum atomic E-state index is 0.518. The van der Waals surface area contributed by atoms with Crippen LogP contribution in [-0.4, -0.2) is 6.54 Å². The molecule has 0 aliphatic rings. The van der Waals surface area contributed by atoms with Crippen molar-refractivity contribution < 1.29 is 0 Å². The predicted octanol–water partition coefficient (Wildman–Crippen LogP) is 2.98. The summed E-state index contributed by atoms with van der Waals surface area (Å²) in [6.45, 7) is 7.64. The fourth-order valence-corrected chi connectivity index (χ4v) is 2.45. The van der Waals surface area contributed by atoms with Gasteiger partial charge in [0, 0.05) is 10.9 Å². The molecule has 0 radical (unpaired) electrons. The van der Waals surface area contributed by atoms with Crippen LogP contribution >= 0.6 is 11.3 Å². The summed E-state index contributed by atoms with van der Waals surface area (Å²) in [7, 11) is 0. The maximum Gasteiger partial charge on any atom is 0.0388 e. The Morgan fingerprint density at radius 1 is 1.50 bits per heavy atom. The minimum Gasteiger partial charge on any atom is -0.310 e. The van der Waals surface area contributed by atoms with Gasteiger partial charge in [0.05, 0.1) is 0 Å². The third-order valence-electron chi connectivity index (χ3n) is 2.07. The first-order valence-electron chi connectivity index (χ1n) is 4.59. The maximum atomic E-state index is 3.43. The van der Waals surface area contributed by atoms with Gasteiger partial charge in [-0.2, -0.15) is 0 Å². The van der Waals surface area contributed by atoms with Crippen LogP contribution in [0.4, 0.5) is 0 Å². The van der Waals surface area contributed by atoms with Gasteiger partial charge in [-0.15, -0.1) is 11.3 Å². The monoisotopic (exact) mass is 183 g/mol. The zero-order valence-corrected chi connectivity index (χ0v) is 8.87. The van der Waals surface area contributed by atoms with Crippen molar-refractivity contribution in [3.05, 3.63) is 21.9 Å². The molecule has 1 aromatic rings. The van der Waals surface area contributed by atoms with Gasteiger partial charge >= 0.3 is 0 Å². The van der Waals surface area contributed by atoms with Crippen LogP contribution in [0.3, 0.4) is 0 Å². The van der Waals surface area contributed by atoms with Gasteiger partial charge in [-0.3, -0.25) is 0 Å². The lowest BCUT2D eigenvalue weighted by atomic mass is 10.1. The van der Waals surface area contributed by atoms with Crippen molar-refractivity contribution in [1.82, 2.24) is 5.32 Å². The van der Waals surface area contributed by atoms with E-state index >= 15 is 0 Å². The number of aryl methyl sites for hydroxylation is 1. The van der Waals surface area contributed by atoms with Gasteiger partial charge in [0.1, 0.15) is 0 Å². The van der Waals surface area contributed by atoms with E-state index in [1.807, 2.05) is 11.3 Å². The van der Waals surface area contributed by atoms with Gasteiger partial charge in [-0.25, -0.2) is 0 Å². The Morgan fingerprint density at radius 2 is 2.25 bits per heavy atom. The van der Waals surface area contributed by atoms with Crippen molar-refractivity contribution in [2.24, 2.45) is 0 Å². The highest BCUT2D eigenvalue weighted by Crippen LogP contribution is 2.24. The second kappa shape index (κ2) is 4.63. The Labute approximate surface area is 78.8 Å². The lowest BCUT2D eigenvalue weighted by Gasteiger charge is -2.11. The SMILES string of the molecule is CCNC(C)c1sccc1CC. The van der Waals surface area contributed by atoms with Crippen LogP contribution in [0.25, 0.3) is 0 Å². The largest absolute Gasteiger partial charge is 0.310 e. The number of nitrogens with one attached hydrogen (secondary N) is 1. The van der Waals surface area contributed by atoms with Gasteiger partial charge in [0.25, 0.3) is 0 Å². The van der Waals surface area contributed by atoms with Crippen LogP contribution in [0, 0.1) is 0 Å². The molecule has 1 unspecified atom stereocenters. The van der Waals surface area contributed by atoms with E-state index in [-0.39, 0.29) is 0 Å². The molecule has 0 aromatic carbocycles. The van der Waals surface area contributed by atoms with E-state index in [2.05, 4.69) is 37.5 Å². The molecule has 0 fully saturated rings. The molecule has 0 amide bonds. The molecule has 0 aliphatic heterocycles. The van der Waals surface area contributed by atoms with Crippen LogP contribution in [0.15, 0.2) is 11.4 Å². The topological polar surface area (TPSA) is 12.0 Å². The van der Waals surface area contributed by atoms with Gasteiger partial charge in [0.2, 0.25) is 0 Å². The summed E-state index contributed by atoms with van der Waals surface area (Å²) < 4.78 is 0. The Balaban J connectivity index is 2.71. The first kappa shape index (κ1) is 9.75. The van der Waals surface area contributed by atoms with E-state index in [0.717, 1.165) is 13.0 Å². The molecule has 1 rings (SSSR count). The van der Waals surface area contributed by atoms with Gasteiger partial charge < -0.3 is 5.32 Å². The quantitative estimate of drug-likeness (QED) is 0.756. The second-order valence-electron chi connectivity index (χ2n) is 2.94. The van der Waals surface area contributed by atoms with Gasteiger partial charge in [-0.1, -0.05) is 13.8 Å². The van der Waals surface area contributed by atoms with Gasteiger partial charge in [0.15, 0.2) is 0 Å². The van der Waals surface area contributed by atoms with E-state index in [9.17, 15) is 0 Å². The highest BCUT2D eigenvalue weighted by molar-refractivity contribution is 7.10. The number of hydrogen-bond acceptors (Lipinski definition) is 2. The molecule has 1 atom stereocenters. The number of hydrogen-bond donors (Lipinski definition) is 1. The molecular weight excluding hydrogens is 166 g/mol. The van der Waals surface area contributed by atoms with Crippen molar-refractivity contribution in [2.75, 3.05) is 6.54 Å². The summed E-state index contributed by atoms with van der Waals surface area (Å²) in [5.74, 6) is 0. The molecule has 68 valence electrons. The van der Waals surface area contributed by atoms with E-state index in [4.69, 9.17) is 0 Å². The van der Waals surface area contributed by atoms with Crippen molar-refractivity contribution >= 4 is 11.3 Å². The lowest BCUT2D eigenvalue weighted by molar-refractivity contribution is 0.603. The minimum absolute atomic E-state index is 0.518. The standard InChI is InChI=1S/C10H17NS/c1-4-9-6-7-12-10(9)8(3)11-5-2/h6-8,11H,4-5H2,1-3H3. The molecular formula is C10H17NS. The molecule has 1 N–H and O–H groups in total. The third-order valence-corrected chi connectivity index (χ3v) is 3.21. The summed E-state index contributed by atoms with van der Waals surface area (Å²) in [6.07, 6.45) is 1.15. The summed E-state index contributed by atoms with van der Waals surface area (Å²) in [4.78, 5) is 1.50. The lowest BCUT2D eigenvalue weighted by Crippen LogP contribution is -2.17. The van der Waals surface area contributed by atoms with E-state index in [1.165, 1.54) is 10.4 Å². The highest BCUT2D eigenvalue weighted by atomic mass is 32.1.